The Morgan fingerprint density at radius 2 is 1.84 bits per heavy atom. The molecule has 19 heavy (non-hydrogen) atoms. The maximum Gasteiger partial charge on any atom is 0.307 e. The van der Waals surface area contributed by atoms with Crippen LogP contribution in [0.1, 0.15) is 32.8 Å². The molecular formula is C15H21NO3. The Labute approximate surface area is 113 Å². The molecule has 2 N–H and O–H groups in total. The minimum Gasteiger partial charge on any atom is -0.481 e. The average molecular weight is 263 g/mol. The van der Waals surface area contributed by atoms with Crippen LogP contribution in [0.5, 0.6) is 0 Å². The fourth-order valence-electron chi connectivity index (χ4n) is 1.82. The van der Waals surface area contributed by atoms with Crippen LogP contribution < -0.4 is 5.32 Å². The lowest BCUT2D eigenvalue weighted by Gasteiger charge is -2.17. The minimum absolute atomic E-state index is 0.251. The van der Waals surface area contributed by atoms with E-state index in [9.17, 15) is 9.59 Å². The molecule has 104 valence electrons. The number of carboxylic acids is 1. The van der Waals surface area contributed by atoms with E-state index >= 15 is 0 Å². The second-order valence-electron chi connectivity index (χ2n) is 4.81. The molecule has 4 heteroatoms. The molecule has 0 bridgehead atoms. The van der Waals surface area contributed by atoms with Gasteiger partial charge in [-0.15, -0.1) is 0 Å². The van der Waals surface area contributed by atoms with Gasteiger partial charge in [0.1, 0.15) is 0 Å². The number of hydrogen-bond acceptors (Lipinski definition) is 2. The van der Waals surface area contributed by atoms with E-state index in [0.29, 0.717) is 0 Å². The molecule has 0 aliphatic rings. The summed E-state index contributed by atoms with van der Waals surface area (Å²) >= 11 is 0. The molecule has 0 spiro atoms. The zero-order valence-electron chi connectivity index (χ0n) is 11.6. The van der Waals surface area contributed by atoms with Crippen LogP contribution in [0, 0.1) is 11.8 Å². The van der Waals surface area contributed by atoms with Crippen molar-refractivity contribution in [2.75, 3.05) is 5.32 Å². The zero-order chi connectivity index (χ0) is 14.4. The summed E-state index contributed by atoms with van der Waals surface area (Å²) < 4.78 is 0. The number of rotatable bonds is 6. The number of para-hydroxylation sites is 1. The van der Waals surface area contributed by atoms with Crippen molar-refractivity contribution in [3.63, 3.8) is 0 Å². The maximum atomic E-state index is 12.0. The Kier molecular flexibility index (Phi) is 5.55. The number of nitrogens with one attached hydrogen (secondary N) is 1. The number of anilines is 1. The predicted molar refractivity (Wildman–Crippen MR) is 75.0 cm³/mol. The van der Waals surface area contributed by atoms with Crippen LogP contribution in [0.4, 0.5) is 5.69 Å². The van der Waals surface area contributed by atoms with Crippen molar-refractivity contribution in [2.24, 2.45) is 11.8 Å². The lowest BCUT2D eigenvalue weighted by atomic mass is 9.95. The number of carbonyl (C=O) groups excluding carboxylic acids is 1. The zero-order valence-corrected chi connectivity index (χ0v) is 11.6. The fourth-order valence-corrected chi connectivity index (χ4v) is 1.82. The molecule has 0 radical (unpaired) electrons. The van der Waals surface area contributed by atoms with Gasteiger partial charge in [-0.25, -0.2) is 0 Å². The van der Waals surface area contributed by atoms with E-state index in [4.69, 9.17) is 5.11 Å². The molecule has 1 aromatic carbocycles. The molecule has 0 aliphatic carbocycles. The Morgan fingerprint density at radius 3 is 2.42 bits per heavy atom. The van der Waals surface area contributed by atoms with Gasteiger partial charge in [0.25, 0.3) is 0 Å². The largest absolute Gasteiger partial charge is 0.481 e. The Hall–Kier alpha value is -1.84. The fraction of sp³-hybridized carbons (Fsp3) is 0.467. The number of aryl methyl sites for hydroxylation is 1. The molecule has 0 heterocycles. The lowest BCUT2D eigenvalue weighted by Crippen LogP contribution is -2.30. The minimum atomic E-state index is -0.954. The highest BCUT2D eigenvalue weighted by molar-refractivity contribution is 5.95. The molecule has 0 aliphatic heterocycles. The van der Waals surface area contributed by atoms with Crippen LogP contribution in [0.2, 0.25) is 0 Å². The molecule has 0 saturated carbocycles. The maximum absolute atomic E-state index is 12.0. The van der Waals surface area contributed by atoms with Gasteiger partial charge in [-0.3, -0.25) is 9.59 Å². The summed E-state index contributed by atoms with van der Waals surface area (Å²) in [6, 6.07) is 7.62. The number of hydrogen-bond donors (Lipinski definition) is 2. The summed E-state index contributed by atoms with van der Waals surface area (Å²) in [6.45, 7) is 5.26. The molecule has 2 unspecified atom stereocenters. The number of carboxylic acid groups (broad SMARTS) is 1. The first-order valence-corrected chi connectivity index (χ1v) is 6.59. The quantitative estimate of drug-likeness (QED) is 0.829. The predicted octanol–water partition coefficient (Wildman–Crippen LogP) is 2.93. The molecule has 0 fully saturated rings. The first kappa shape index (κ1) is 15.2. The van der Waals surface area contributed by atoms with Crippen molar-refractivity contribution < 1.29 is 14.7 Å². The topological polar surface area (TPSA) is 66.4 Å². The second kappa shape index (κ2) is 6.92. The van der Waals surface area contributed by atoms with Gasteiger partial charge >= 0.3 is 5.97 Å². The van der Waals surface area contributed by atoms with Crippen molar-refractivity contribution in [3.05, 3.63) is 29.8 Å². The van der Waals surface area contributed by atoms with E-state index in [1.807, 2.05) is 24.3 Å². The highest BCUT2D eigenvalue weighted by Gasteiger charge is 2.26. The normalized spacial score (nSPS) is 13.6. The van der Waals surface area contributed by atoms with E-state index < -0.39 is 17.8 Å². The molecule has 1 amide bonds. The van der Waals surface area contributed by atoms with Crippen molar-refractivity contribution >= 4 is 17.6 Å². The number of benzene rings is 1. The number of carbonyl (C=O) groups is 2. The van der Waals surface area contributed by atoms with Crippen LogP contribution >= 0.6 is 0 Å². The Morgan fingerprint density at radius 1 is 1.21 bits per heavy atom. The van der Waals surface area contributed by atoms with Crippen LogP contribution in [-0.2, 0) is 16.0 Å². The van der Waals surface area contributed by atoms with E-state index in [1.165, 1.54) is 0 Å². The van der Waals surface area contributed by atoms with Crippen molar-refractivity contribution in [3.8, 4) is 0 Å². The van der Waals surface area contributed by atoms with Gasteiger partial charge in [0.15, 0.2) is 0 Å². The molecule has 0 saturated heterocycles. The number of aliphatic carboxylic acids is 1. The van der Waals surface area contributed by atoms with E-state index in [0.717, 1.165) is 24.1 Å². The monoisotopic (exact) mass is 263 g/mol. The number of amides is 1. The van der Waals surface area contributed by atoms with Crippen molar-refractivity contribution in [1.82, 2.24) is 0 Å². The van der Waals surface area contributed by atoms with Crippen LogP contribution in [-0.4, -0.2) is 17.0 Å². The van der Waals surface area contributed by atoms with Gasteiger partial charge in [0.2, 0.25) is 5.91 Å². The summed E-state index contributed by atoms with van der Waals surface area (Å²) in [5, 5.41) is 11.8. The SMILES string of the molecule is CCCc1ccccc1NC(=O)C(C)C(C)C(=O)O. The summed E-state index contributed by atoms with van der Waals surface area (Å²) in [5.74, 6) is -2.46. The summed E-state index contributed by atoms with van der Waals surface area (Å²) in [4.78, 5) is 22.9. The molecule has 1 rings (SSSR count). The van der Waals surface area contributed by atoms with Gasteiger partial charge in [-0.05, 0) is 18.1 Å². The van der Waals surface area contributed by atoms with Crippen LogP contribution in [0.15, 0.2) is 24.3 Å². The van der Waals surface area contributed by atoms with Crippen LogP contribution in [0.25, 0.3) is 0 Å². The summed E-state index contributed by atoms with van der Waals surface area (Å²) in [5.41, 5.74) is 1.85. The summed E-state index contributed by atoms with van der Waals surface area (Å²) in [7, 11) is 0. The molecular weight excluding hydrogens is 242 g/mol. The third-order valence-corrected chi connectivity index (χ3v) is 3.35. The van der Waals surface area contributed by atoms with E-state index in [-0.39, 0.29) is 5.91 Å². The highest BCUT2D eigenvalue weighted by atomic mass is 16.4. The van der Waals surface area contributed by atoms with Crippen molar-refractivity contribution in [1.29, 1.82) is 0 Å². The van der Waals surface area contributed by atoms with Gasteiger partial charge in [-0.1, -0.05) is 45.4 Å². The van der Waals surface area contributed by atoms with Gasteiger partial charge in [0, 0.05) is 11.6 Å². The summed E-state index contributed by atoms with van der Waals surface area (Å²) in [6.07, 6.45) is 1.88. The van der Waals surface area contributed by atoms with E-state index in [1.54, 1.807) is 13.8 Å². The van der Waals surface area contributed by atoms with E-state index in [2.05, 4.69) is 12.2 Å². The second-order valence-corrected chi connectivity index (χ2v) is 4.81. The Balaban J connectivity index is 2.79. The Bertz CT molecular complexity index is 456. The van der Waals surface area contributed by atoms with Gasteiger partial charge in [-0.2, -0.15) is 0 Å². The van der Waals surface area contributed by atoms with Crippen molar-refractivity contribution in [2.45, 2.75) is 33.6 Å². The smallest absolute Gasteiger partial charge is 0.307 e. The standard InChI is InChI=1S/C15H21NO3/c1-4-7-12-8-5-6-9-13(12)16-14(17)10(2)11(3)15(18)19/h5-6,8-11H,4,7H2,1-3H3,(H,16,17)(H,18,19). The lowest BCUT2D eigenvalue weighted by molar-refractivity contribution is -0.145. The first-order valence-electron chi connectivity index (χ1n) is 6.59. The van der Waals surface area contributed by atoms with Gasteiger partial charge < -0.3 is 10.4 Å². The molecule has 4 nitrogen and oxygen atoms in total. The average Bonchev–Trinajstić information content (AvgIpc) is 2.39. The van der Waals surface area contributed by atoms with Crippen LogP contribution in [0.3, 0.4) is 0 Å². The van der Waals surface area contributed by atoms with Gasteiger partial charge in [0.05, 0.1) is 5.92 Å². The molecule has 0 aromatic heterocycles. The third kappa shape index (κ3) is 4.09. The molecule has 2 atom stereocenters. The first-order chi connectivity index (χ1) is 8.97. The third-order valence-electron chi connectivity index (χ3n) is 3.35. The molecule has 1 aromatic rings. The highest BCUT2D eigenvalue weighted by Crippen LogP contribution is 2.19.